The molecule has 24 heavy (non-hydrogen) atoms. The molecule has 5 nitrogen and oxygen atoms in total. The van der Waals surface area contributed by atoms with Gasteiger partial charge in [0.25, 0.3) is 5.91 Å². The standard InChI is InChI=1S/C18H23ClN2O3/c1-12(17(22)21-10-9-13-5-3-2-4-6-13)24-18(23)15-8-7-14(19)11-16(15)20/h5,7-8,11-12H,2-4,6,9-10,20H2,1H3,(H,21,22)/t12-/m0/s1. The Bertz CT molecular complexity index is 643. The van der Waals surface area contributed by atoms with Gasteiger partial charge in [0.1, 0.15) is 0 Å². The second-order valence-electron chi connectivity index (χ2n) is 5.93. The number of hydrogen-bond acceptors (Lipinski definition) is 4. The Balaban J connectivity index is 1.80. The molecule has 0 heterocycles. The molecule has 1 aromatic carbocycles. The summed E-state index contributed by atoms with van der Waals surface area (Å²) < 4.78 is 5.17. The van der Waals surface area contributed by atoms with E-state index in [9.17, 15) is 9.59 Å². The summed E-state index contributed by atoms with van der Waals surface area (Å²) in [7, 11) is 0. The molecule has 0 radical (unpaired) electrons. The van der Waals surface area contributed by atoms with Crippen LogP contribution in [0.1, 0.15) is 49.4 Å². The number of rotatable bonds is 6. The van der Waals surface area contributed by atoms with Crippen LogP contribution in [0.25, 0.3) is 0 Å². The lowest BCUT2D eigenvalue weighted by atomic mass is 9.97. The maximum absolute atomic E-state index is 12.1. The molecule has 0 saturated carbocycles. The molecular formula is C18H23ClN2O3. The highest BCUT2D eigenvalue weighted by atomic mass is 35.5. The minimum absolute atomic E-state index is 0.200. The molecule has 2 rings (SSSR count). The molecule has 1 aliphatic carbocycles. The van der Waals surface area contributed by atoms with Crippen LogP contribution in [0.5, 0.6) is 0 Å². The van der Waals surface area contributed by atoms with Crippen LogP contribution in [-0.4, -0.2) is 24.5 Å². The number of hydrogen-bond donors (Lipinski definition) is 2. The average molecular weight is 351 g/mol. The van der Waals surface area contributed by atoms with Crippen LogP contribution in [0, 0.1) is 0 Å². The van der Waals surface area contributed by atoms with Crippen molar-refractivity contribution in [1.82, 2.24) is 5.32 Å². The molecule has 0 unspecified atom stereocenters. The maximum atomic E-state index is 12.1. The van der Waals surface area contributed by atoms with Crippen molar-refractivity contribution in [3.63, 3.8) is 0 Å². The van der Waals surface area contributed by atoms with E-state index < -0.39 is 12.1 Å². The van der Waals surface area contributed by atoms with Crippen molar-refractivity contribution in [2.75, 3.05) is 12.3 Å². The van der Waals surface area contributed by atoms with Crippen molar-refractivity contribution in [3.8, 4) is 0 Å². The van der Waals surface area contributed by atoms with Crippen molar-refractivity contribution in [3.05, 3.63) is 40.4 Å². The van der Waals surface area contributed by atoms with E-state index in [1.807, 2.05) is 0 Å². The lowest BCUT2D eigenvalue weighted by molar-refractivity contribution is -0.129. The van der Waals surface area contributed by atoms with Crippen LogP contribution in [0.2, 0.25) is 5.02 Å². The minimum Gasteiger partial charge on any atom is -0.449 e. The Morgan fingerprint density at radius 1 is 1.38 bits per heavy atom. The van der Waals surface area contributed by atoms with E-state index in [4.69, 9.17) is 22.1 Å². The van der Waals surface area contributed by atoms with Crippen molar-refractivity contribution in [2.45, 2.75) is 45.1 Å². The van der Waals surface area contributed by atoms with Gasteiger partial charge in [0.2, 0.25) is 0 Å². The van der Waals surface area contributed by atoms with Crippen LogP contribution in [-0.2, 0) is 9.53 Å². The molecule has 1 aromatic rings. The van der Waals surface area contributed by atoms with E-state index >= 15 is 0 Å². The first-order valence-corrected chi connectivity index (χ1v) is 8.57. The zero-order valence-corrected chi connectivity index (χ0v) is 14.6. The van der Waals surface area contributed by atoms with Crippen LogP contribution in [0.3, 0.4) is 0 Å². The lowest BCUT2D eigenvalue weighted by Crippen LogP contribution is -2.36. The number of carbonyl (C=O) groups is 2. The summed E-state index contributed by atoms with van der Waals surface area (Å²) in [5, 5.41) is 3.24. The number of carbonyl (C=O) groups excluding carboxylic acids is 2. The Kier molecular flexibility index (Phi) is 6.67. The van der Waals surface area contributed by atoms with Gasteiger partial charge in [0.15, 0.2) is 6.10 Å². The number of allylic oxidation sites excluding steroid dienone is 1. The predicted molar refractivity (Wildman–Crippen MR) is 94.9 cm³/mol. The van der Waals surface area contributed by atoms with Crippen LogP contribution >= 0.6 is 11.6 Å². The molecule has 6 heteroatoms. The van der Waals surface area contributed by atoms with Gasteiger partial charge >= 0.3 is 5.97 Å². The zero-order chi connectivity index (χ0) is 17.5. The molecule has 1 amide bonds. The summed E-state index contributed by atoms with van der Waals surface area (Å²) in [6.07, 6.45) is 6.91. The number of nitrogen functional groups attached to an aromatic ring is 1. The minimum atomic E-state index is -0.882. The number of esters is 1. The van der Waals surface area contributed by atoms with E-state index in [-0.39, 0.29) is 17.2 Å². The molecule has 0 fully saturated rings. The topological polar surface area (TPSA) is 81.4 Å². The monoisotopic (exact) mass is 350 g/mol. The molecule has 0 bridgehead atoms. The van der Waals surface area contributed by atoms with Crippen molar-refractivity contribution >= 4 is 29.2 Å². The van der Waals surface area contributed by atoms with Gasteiger partial charge in [0, 0.05) is 17.3 Å². The van der Waals surface area contributed by atoms with Gasteiger partial charge in [-0.05, 0) is 57.2 Å². The van der Waals surface area contributed by atoms with Gasteiger partial charge in [-0.15, -0.1) is 0 Å². The fourth-order valence-corrected chi connectivity index (χ4v) is 2.80. The highest BCUT2D eigenvalue weighted by molar-refractivity contribution is 6.31. The molecule has 0 aromatic heterocycles. The zero-order valence-electron chi connectivity index (χ0n) is 13.8. The highest BCUT2D eigenvalue weighted by Crippen LogP contribution is 2.20. The Labute approximate surface area is 147 Å². The summed E-state index contributed by atoms with van der Waals surface area (Å²) >= 11 is 5.80. The fourth-order valence-electron chi connectivity index (χ4n) is 2.62. The number of nitrogens with two attached hydrogens (primary N) is 1. The Morgan fingerprint density at radius 2 is 2.17 bits per heavy atom. The fraction of sp³-hybridized carbons (Fsp3) is 0.444. The normalized spacial score (nSPS) is 15.3. The number of amides is 1. The number of anilines is 1. The Hall–Kier alpha value is -2.01. The van der Waals surface area contributed by atoms with Gasteiger partial charge in [-0.1, -0.05) is 23.3 Å². The van der Waals surface area contributed by atoms with Crippen molar-refractivity contribution in [2.24, 2.45) is 0 Å². The quantitative estimate of drug-likeness (QED) is 0.467. The average Bonchev–Trinajstić information content (AvgIpc) is 2.55. The van der Waals surface area contributed by atoms with Gasteiger partial charge in [-0.25, -0.2) is 4.79 Å². The first-order chi connectivity index (χ1) is 11.5. The number of benzene rings is 1. The first-order valence-electron chi connectivity index (χ1n) is 8.19. The van der Waals surface area contributed by atoms with Crippen LogP contribution in [0.4, 0.5) is 5.69 Å². The largest absolute Gasteiger partial charge is 0.449 e. The molecule has 130 valence electrons. The molecule has 0 saturated heterocycles. The summed E-state index contributed by atoms with van der Waals surface area (Å²) in [6, 6.07) is 4.51. The lowest BCUT2D eigenvalue weighted by Gasteiger charge is -2.16. The van der Waals surface area contributed by atoms with Gasteiger partial charge in [0.05, 0.1) is 5.56 Å². The molecule has 1 atom stereocenters. The SMILES string of the molecule is C[C@H](OC(=O)c1ccc(Cl)cc1N)C(=O)NCCC1=CCCCC1. The molecule has 3 N–H and O–H groups in total. The van der Waals surface area contributed by atoms with Crippen molar-refractivity contribution < 1.29 is 14.3 Å². The highest BCUT2D eigenvalue weighted by Gasteiger charge is 2.20. The van der Waals surface area contributed by atoms with E-state index in [1.54, 1.807) is 13.0 Å². The smallest absolute Gasteiger partial charge is 0.341 e. The second-order valence-corrected chi connectivity index (χ2v) is 6.36. The molecule has 0 aliphatic heterocycles. The molecule has 0 spiro atoms. The van der Waals surface area contributed by atoms with E-state index in [2.05, 4.69) is 11.4 Å². The van der Waals surface area contributed by atoms with Gasteiger partial charge in [-0.2, -0.15) is 0 Å². The third-order valence-corrected chi connectivity index (χ3v) is 4.25. The van der Waals surface area contributed by atoms with Gasteiger partial charge in [-0.3, -0.25) is 4.79 Å². The third kappa shape index (κ3) is 5.27. The van der Waals surface area contributed by atoms with Crippen LogP contribution in [0.15, 0.2) is 29.8 Å². The number of ether oxygens (including phenoxy) is 1. The first kappa shape index (κ1) is 18.3. The summed E-state index contributed by atoms with van der Waals surface area (Å²) in [4.78, 5) is 24.1. The predicted octanol–water partition coefficient (Wildman–Crippen LogP) is 3.47. The summed E-state index contributed by atoms with van der Waals surface area (Å²) in [5.74, 6) is -0.950. The maximum Gasteiger partial charge on any atom is 0.341 e. The van der Waals surface area contributed by atoms with E-state index in [1.165, 1.54) is 30.5 Å². The van der Waals surface area contributed by atoms with E-state index in [0.29, 0.717) is 11.6 Å². The molecular weight excluding hydrogens is 328 g/mol. The number of halogens is 1. The summed E-state index contributed by atoms with van der Waals surface area (Å²) in [5.41, 5.74) is 7.56. The second kappa shape index (κ2) is 8.73. The third-order valence-electron chi connectivity index (χ3n) is 4.02. The summed E-state index contributed by atoms with van der Waals surface area (Å²) in [6.45, 7) is 2.09. The van der Waals surface area contributed by atoms with E-state index in [0.717, 1.165) is 19.3 Å². The van der Waals surface area contributed by atoms with Crippen molar-refractivity contribution in [1.29, 1.82) is 0 Å². The Morgan fingerprint density at radius 3 is 2.83 bits per heavy atom. The van der Waals surface area contributed by atoms with Crippen LogP contribution < -0.4 is 11.1 Å². The van der Waals surface area contributed by atoms with Gasteiger partial charge < -0.3 is 15.8 Å². The number of nitrogens with one attached hydrogen (secondary N) is 1. The molecule has 1 aliphatic rings.